The molecule has 1 aliphatic rings. The van der Waals surface area contributed by atoms with Crippen molar-refractivity contribution in [2.45, 2.75) is 25.5 Å². The first kappa shape index (κ1) is 13.3. The van der Waals surface area contributed by atoms with E-state index in [4.69, 9.17) is 15.5 Å². The zero-order chi connectivity index (χ0) is 13.9. The molecule has 4 nitrogen and oxygen atoms in total. The van der Waals surface area contributed by atoms with Crippen molar-refractivity contribution in [3.63, 3.8) is 0 Å². The van der Waals surface area contributed by atoms with Crippen molar-refractivity contribution in [1.82, 2.24) is 4.98 Å². The summed E-state index contributed by atoms with van der Waals surface area (Å²) in [6.07, 6.45) is 2.62. The van der Waals surface area contributed by atoms with E-state index in [1.807, 2.05) is 6.07 Å². The number of likely N-dealkylation sites (N-methyl/N-ethyl adjacent to an activating group) is 1. The predicted molar refractivity (Wildman–Crippen MR) is 81.9 cm³/mol. The lowest BCUT2D eigenvalue weighted by molar-refractivity contribution is 0.116. The van der Waals surface area contributed by atoms with Gasteiger partial charge in [-0.05, 0) is 24.3 Å². The fourth-order valence-corrected chi connectivity index (χ4v) is 2.81. The van der Waals surface area contributed by atoms with Crippen LogP contribution in [0.5, 0.6) is 0 Å². The monoisotopic (exact) mass is 271 g/mol. The number of fused-ring (bicyclic) bond motifs is 1. The maximum absolute atomic E-state index is 5.77. The van der Waals surface area contributed by atoms with Crippen molar-refractivity contribution in [1.29, 1.82) is 0 Å². The van der Waals surface area contributed by atoms with Gasteiger partial charge in [0.2, 0.25) is 0 Å². The Balaban J connectivity index is 1.95. The molecule has 2 aromatic rings. The van der Waals surface area contributed by atoms with Gasteiger partial charge >= 0.3 is 0 Å². The summed E-state index contributed by atoms with van der Waals surface area (Å²) in [7, 11) is 2.08. The van der Waals surface area contributed by atoms with Gasteiger partial charge in [-0.3, -0.25) is 0 Å². The first-order chi connectivity index (χ1) is 9.78. The van der Waals surface area contributed by atoms with E-state index in [0.29, 0.717) is 12.6 Å². The molecule has 1 aromatic carbocycles. The van der Waals surface area contributed by atoms with Gasteiger partial charge in [-0.15, -0.1) is 0 Å². The number of benzene rings is 1. The molecule has 1 aliphatic heterocycles. The molecule has 3 rings (SSSR count). The summed E-state index contributed by atoms with van der Waals surface area (Å²) >= 11 is 0. The molecule has 0 bridgehead atoms. The molecule has 0 spiro atoms. The Morgan fingerprint density at radius 2 is 2.25 bits per heavy atom. The molecule has 2 N–H and O–H groups in total. The molecule has 0 saturated carbocycles. The van der Waals surface area contributed by atoms with E-state index in [2.05, 4.69) is 36.2 Å². The van der Waals surface area contributed by atoms with Crippen LogP contribution < -0.4 is 10.6 Å². The fraction of sp³-hybridized carbons (Fsp3) is 0.438. The minimum Gasteiger partial charge on any atom is -0.376 e. The Bertz CT molecular complexity index is 593. The second-order valence-corrected chi connectivity index (χ2v) is 5.38. The minimum absolute atomic E-state index is 0.321. The van der Waals surface area contributed by atoms with Gasteiger partial charge in [-0.1, -0.05) is 24.3 Å². The van der Waals surface area contributed by atoms with Crippen molar-refractivity contribution >= 4 is 16.6 Å². The quantitative estimate of drug-likeness (QED) is 0.927. The van der Waals surface area contributed by atoms with Crippen LogP contribution in [0.2, 0.25) is 0 Å². The number of hydrogen-bond acceptors (Lipinski definition) is 4. The van der Waals surface area contributed by atoms with Gasteiger partial charge in [-0.25, -0.2) is 4.98 Å². The van der Waals surface area contributed by atoms with E-state index < -0.39 is 0 Å². The molecule has 1 fully saturated rings. The van der Waals surface area contributed by atoms with Gasteiger partial charge in [0, 0.05) is 32.1 Å². The van der Waals surface area contributed by atoms with Crippen LogP contribution in [0.4, 0.5) is 5.82 Å². The van der Waals surface area contributed by atoms with E-state index in [9.17, 15) is 0 Å². The summed E-state index contributed by atoms with van der Waals surface area (Å²) in [6.45, 7) is 2.23. The van der Waals surface area contributed by atoms with Crippen LogP contribution >= 0.6 is 0 Å². The van der Waals surface area contributed by atoms with Crippen LogP contribution in [-0.4, -0.2) is 31.3 Å². The second kappa shape index (κ2) is 5.77. The molecule has 1 saturated heterocycles. The van der Waals surface area contributed by atoms with Crippen LogP contribution in [0.1, 0.15) is 18.5 Å². The largest absolute Gasteiger partial charge is 0.376 e. The topological polar surface area (TPSA) is 51.4 Å². The standard InChI is InChI=1S/C16H21N3O/c1-19(11-14-6-4-8-20-14)16-15-7-3-2-5-12(15)9-13(10-17)18-16/h2-3,5,7,9,14H,4,6,8,10-11,17H2,1H3. The molecule has 2 heterocycles. The van der Waals surface area contributed by atoms with Crippen LogP contribution in [-0.2, 0) is 11.3 Å². The molecule has 1 unspecified atom stereocenters. The van der Waals surface area contributed by atoms with Gasteiger partial charge in [0.15, 0.2) is 0 Å². The first-order valence-corrected chi connectivity index (χ1v) is 7.19. The normalized spacial score (nSPS) is 18.6. The van der Waals surface area contributed by atoms with Crippen LogP contribution in [0.25, 0.3) is 10.8 Å². The summed E-state index contributed by atoms with van der Waals surface area (Å²) in [5.74, 6) is 0.999. The third kappa shape index (κ3) is 2.62. The predicted octanol–water partition coefficient (Wildman–Crippen LogP) is 2.31. The fourth-order valence-electron chi connectivity index (χ4n) is 2.81. The Labute approximate surface area is 119 Å². The minimum atomic E-state index is 0.321. The molecule has 1 aromatic heterocycles. The van der Waals surface area contributed by atoms with E-state index in [0.717, 1.165) is 37.5 Å². The van der Waals surface area contributed by atoms with Gasteiger partial charge in [0.05, 0.1) is 11.8 Å². The summed E-state index contributed by atoms with van der Waals surface area (Å²) in [5.41, 5.74) is 6.70. The SMILES string of the molecule is CN(CC1CCCO1)c1nc(CN)cc2ccccc12. The van der Waals surface area contributed by atoms with Crippen LogP contribution in [0, 0.1) is 0 Å². The Morgan fingerprint density at radius 3 is 3.00 bits per heavy atom. The van der Waals surface area contributed by atoms with Gasteiger partial charge in [-0.2, -0.15) is 0 Å². The molecule has 20 heavy (non-hydrogen) atoms. The lowest BCUT2D eigenvalue weighted by Crippen LogP contribution is -2.29. The highest BCUT2D eigenvalue weighted by atomic mass is 16.5. The first-order valence-electron chi connectivity index (χ1n) is 7.19. The number of rotatable bonds is 4. The van der Waals surface area contributed by atoms with E-state index in [1.54, 1.807) is 0 Å². The molecule has 1 atom stereocenters. The van der Waals surface area contributed by atoms with Crippen molar-refractivity contribution in [3.8, 4) is 0 Å². The molecular formula is C16H21N3O. The van der Waals surface area contributed by atoms with Crippen LogP contribution in [0.3, 0.4) is 0 Å². The average Bonchev–Trinajstić information content (AvgIpc) is 2.98. The van der Waals surface area contributed by atoms with Crippen molar-refractivity contribution in [3.05, 3.63) is 36.0 Å². The smallest absolute Gasteiger partial charge is 0.136 e. The third-order valence-corrected chi connectivity index (χ3v) is 3.85. The lowest BCUT2D eigenvalue weighted by atomic mass is 10.1. The number of nitrogens with two attached hydrogens (primary N) is 1. The zero-order valence-corrected chi connectivity index (χ0v) is 11.9. The molecule has 0 radical (unpaired) electrons. The lowest BCUT2D eigenvalue weighted by Gasteiger charge is -2.23. The van der Waals surface area contributed by atoms with E-state index in [1.165, 1.54) is 10.8 Å². The Morgan fingerprint density at radius 1 is 1.40 bits per heavy atom. The summed E-state index contributed by atoms with van der Waals surface area (Å²) < 4.78 is 5.72. The number of anilines is 1. The van der Waals surface area contributed by atoms with Gasteiger partial charge < -0.3 is 15.4 Å². The Kier molecular flexibility index (Phi) is 3.85. The van der Waals surface area contributed by atoms with Crippen molar-refractivity contribution in [2.24, 2.45) is 5.73 Å². The molecule has 0 amide bonds. The Hall–Kier alpha value is -1.65. The van der Waals surface area contributed by atoms with Crippen LogP contribution in [0.15, 0.2) is 30.3 Å². The van der Waals surface area contributed by atoms with Gasteiger partial charge in [0.1, 0.15) is 5.82 Å². The number of pyridine rings is 1. The van der Waals surface area contributed by atoms with Gasteiger partial charge in [0.25, 0.3) is 0 Å². The second-order valence-electron chi connectivity index (χ2n) is 5.38. The summed E-state index contributed by atoms with van der Waals surface area (Å²) in [6, 6.07) is 10.4. The number of aromatic nitrogens is 1. The maximum Gasteiger partial charge on any atom is 0.136 e. The molecule has 4 heteroatoms. The third-order valence-electron chi connectivity index (χ3n) is 3.85. The molecular weight excluding hydrogens is 250 g/mol. The molecule has 106 valence electrons. The summed E-state index contributed by atoms with van der Waals surface area (Å²) in [5, 5.41) is 2.36. The highest BCUT2D eigenvalue weighted by Gasteiger charge is 2.19. The summed E-state index contributed by atoms with van der Waals surface area (Å²) in [4.78, 5) is 6.90. The van der Waals surface area contributed by atoms with E-state index in [-0.39, 0.29) is 0 Å². The maximum atomic E-state index is 5.77. The van der Waals surface area contributed by atoms with Crippen molar-refractivity contribution < 1.29 is 4.74 Å². The zero-order valence-electron chi connectivity index (χ0n) is 11.9. The highest BCUT2D eigenvalue weighted by molar-refractivity contribution is 5.92. The average molecular weight is 271 g/mol. The van der Waals surface area contributed by atoms with Crippen molar-refractivity contribution in [2.75, 3.05) is 25.1 Å². The highest BCUT2D eigenvalue weighted by Crippen LogP contribution is 2.26. The number of hydrogen-bond donors (Lipinski definition) is 1. The number of ether oxygens (including phenoxy) is 1. The molecule has 0 aliphatic carbocycles. The van der Waals surface area contributed by atoms with E-state index >= 15 is 0 Å². The number of nitrogens with zero attached hydrogens (tertiary/aromatic N) is 2.